The van der Waals surface area contributed by atoms with E-state index in [-0.39, 0.29) is 0 Å². The zero-order chi connectivity index (χ0) is 11.1. The molecule has 0 amide bonds. The molecule has 0 saturated carbocycles. The molecule has 0 unspecified atom stereocenters. The molecule has 0 radical (unpaired) electrons. The Labute approximate surface area is 102 Å². The van der Waals surface area contributed by atoms with Crippen molar-refractivity contribution in [2.45, 2.75) is 0 Å². The standard InChI is InChI=1S/C12H9ClN2S/c1-15-10-5-4-8(13)7-9(10)14-12(15)11-3-2-6-16-11/h2-7H,1H3. The summed E-state index contributed by atoms with van der Waals surface area (Å²) < 4.78 is 2.09. The first kappa shape index (κ1) is 9.87. The second kappa shape index (κ2) is 3.61. The quantitative estimate of drug-likeness (QED) is 0.638. The molecule has 16 heavy (non-hydrogen) atoms. The zero-order valence-electron chi connectivity index (χ0n) is 8.64. The number of halogens is 1. The van der Waals surface area contributed by atoms with Gasteiger partial charge in [0.1, 0.15) is 0 Å². The zero-order valence-corrected chi connectivity index (χ0v) is 10.2. The van der Waals surface area contributed by atoms with E-state index in [9.17, 15) is 0 Å². The number of thiophene rings is 1. The maximum atomic E-state index is 5.96. The lowest BCUT2D eigenvalue weighted by Crippen LogP contribution is -1.89. The summed E-state index contributed by atoms with van der Waals surface area (Å²) >= 11 is 7.65. The van der Waals surface area contributed by atoms with Gasteiger partial charge in [-0.1, -0.05) is 17.7 Å². The number of fused-ring (bicyclic) bond motifs is 1. The van der Waals surface area contributed by atoms with Crippen LogP contribution in [0.1, 0.15) is 0 Å². The molecule has 0 fully saturated rings. The molecule has 0 N–H and O–H groups in total. The minimum atomic E-state index is 0.725. The van der Waals surface area contributed by atoms with E-state index in [1.807, 2.05) is 31.3 Å². The number of nitrogens with zero attached hydrogens (tertiary/aromatic N) is 2. The molecule has 2 aromatic heterocycles. The highest BCUT2D eigenvalue weighted by Gasteiger charge is 2.10. The predicted molar refractivity (Wildman–Crippen MR) is 69.0 cm³/mol. The van der Waals surface area contributed by atoms with Crippen molar-refractivity contribution in [3.05, 3.63) is 40.7 Å². The fourth-order valence-electron chi connectivity index (χ4n) is 1.80. The fourth-order valence-corrected chi connectivity index (χ4v) is 2.71. The fraction of sp³-hybridized carbons (Fsp3) is 0.0833. The molecule has 80 valence electrons. The molecule has 2 nitrogen and oxygen atoms in total. The molecule has 0 aliphatic heterocycles. The minimum absolute atomic E-state index is 0.725. The van der Waals surface area contributed by atoms with Gasteiger partial charge >= 0.3 is 0 Å². The van der Waals surface area contributed by atoms with Crippen LogP contribution in [0, 0.1) is 0 Å². The summed E-state index contributed by atoms with van der Waals surface area (Å²) in [4.78, 5) is 5.78. The maximum absolute atomic E-state index is 5.96. The van der Waals surface area contributed by atoms with Crippen LogP contribution >= 0.6 is 22.9 Å². The lowest BCUT2D eigenvalue weighted by atomic mass is 10.3. The molecule has 4 heteroatoms. The number of benzene rings is 1. The van der Waals surface area contributed by atoms with Crippen LogP contribution < -0.4 is 0 Å². The normalized spacial score (nSPS) is 11.1. The largest absolute Gasteiger partial charge is 0.326 e. The van der Waals surface area contributed by atoms with Crippen LogP contribution in [0.3, 0.4) is 0 Å². The van der Waals surface area contributed by atoms with Crippen LogP contribution in [0.5, 0.6) is 0 Å². The monoisotopic (exact) mass is 248 g/mol. The maximum Gasteiger partial charge on any atom is 0.150 e. The van der Waals surface area contributed by atoms with E-state index < -0.39 is 0 Å². The van der Waals surface area contributed by atoms with Gasteiger partial charge in [-0.05, 0) is 29.6 Å². The van der Waals surface area contributed by atoms with Crippen molar-refractivity contribution in [3.63, 3.8) is 0 Å². The highest BCUT2D eigenvalue weighted by molar-refractivity contribution is 7.13. The number of hydrogen-bond donors (Lipinski definition) is 0. The van der Waals surface area contributed by atoms with E-state index in [0.29, 0.717) is 0 Å². The van der Waals surface area contributed by atoms with Crippen LogP contribution in [0.2, 0.25) is 5.02 Å². The first-order chi connectivity index (χ1) is 7.75. The van der Waals surface area contributed by atoms with Crippen molar-refractivity contribution in [1.29, 1.82) is 0 Å². The average molecular weight is 249 g/mol. The van der Waals surface area contributed by atoms with E-state index in [1.54, 1.807) is 11.3 Å². The average Bonchev–Trinajstić information content (AvgIpc) is 2.86. The van der Waals surface area contributed by atoms with Crippen molar-refractivity contribution < 1.29 is 0 Å². The second-order valence-electron chi connectivity index (χ2n) is 3.60. The van der Waals surface area contributed by atoms with E-state index in [4.69, 9.17) is 11.6 Å². The molecule has 1 aromatic carbocycles. The SMILES string of the molecule is Cn1c(-c2cccs2)nc2cc(Cl)ccc21. The molecular formula is C12H9ClN2S. The van der Waals surface area contributed by atoms with Crippen molar-refractivity contribution in [3.8, 4) is 10.7 Å². The van der Waals surface area contributed by atoms with Crippen molar-refractivity contribution >= 4 is 34.0 Å². The first-order valence-corrected chi connectivity index (χ1v) is 6.17. The van der Waals surface area contributed by atoms with Crippen LogP contribution in [0.4, 0.5) is 0 Å². The Bertz CT molecular complexity index is 640. The van der Waals surface area contributed by atoms with E-state index in [0.717, 1.165) is 21.9 Å². The Hall–Kier alpha value is -1.32. The summed E-state index contributed by atoms with van der Waals surface area (Å²) in [7, 11) is 2.03. The molecule has 0 aliphatic rings. The number of aryl methyl sites for hydroxylation is 1. The Morgan fingerprint density at radius 1 is 1.31 bits per heavy atom. The lowest BCUT2D eigenvalue weighted by molar-refractivity contribution is 0.963. The highest BCUT2D eigenvalue weighted by Crippen LogP contribution is 2.28. The number of hydrogen-bond acceptors (Lipinski definition) is 2. The molecule has 0 atom stereocenters. The lowest BCUT2D eigenvalue weighted by Gasteiger charge is -1.98. The Morgan fingerprint density at radius 3 is 2.94 bits per heavy atom. The van der Waals surface area contributed by atoms with Crippen LogP contribution in [-0.4, -0.2) is 9.55 Å². The molecule has 0 spiro atoms. The number of aromatic nitrogens is 2. The van der Waals surface area contributed by atoms with Gasteiger partial charge in [0.15, 0.2) is 5.82 Å². The van der Waals surface area contributed by atoms with Crippen LogP contribution in [0.25, 0.3) is 21.7 Å². The predicted octanol–water partition coefficient (Wildman–Crippen LogP) is 3.96. The molecule has 3 aromatic rings. The molecule has 0 bridgehead atoms. The molecular weight excluding hydrogens is 240 g/mol. The van der Waals surface area contributed by atoms with Crippen molar-refractivity contribution in [1.82, 2.24) is 9.55 Å². The summed E-state index contributed by atoms with van der Waals surface area (Å²) in [6.07, 6.45) is 0. The van der Waals surface area contributed by atoms with Gasteiger partial charge in [-0.2, -0.15) is 0 Å². The van der Waals surface area contributed by atoms with Crippen LogP contribution in [0.15, 0.2) is 35.7 Å². The molecule has 2 heterocycles. The van der Waals surface area contributed by atoms with Gasteiger partial charge in [0.05, 0.1) is 15.9 Å². The molecule has 0 aliphatic carbocycles. The Morgan fingerprint density at radius 2 is 2.19 bits per heavy atom. The van der Waals surface area contributed by atoms with E-state index >= 15 is 0 Å². The summed E-state index contributed by atoms with van der Waals surface area (Å²) in [6, 6.07) is 9.90. The molecule has 3 rings (SSSR count). The summed E-state index contributed by atoms with van der Waals surface area (Å²) in [6.45, 7) is 0. The first-order valence-electron chi connectivity index (χ1n) is 4.91. The summed E-state index contributed by atoms with van der Waals surface area (Å²) in [5.74, 6) is 0.993. The smallest absolute Gasteiger partial charge is 0.150 e. The van der Waals surface area contributed by atoms with Gasteiger partial charge in [-0.15, -0.1) is 11.3 Å². The van der Waals surface area contributed by atoms with Gasteiger partial charge in [-0.25, -0.2) is 4.98 Å². The van der Waals surface area contributed by atoms with Crippen molar-refractivity contribution in [2.24, 2.45) is 7.05 Å². The molecule has 0 saturated heterocycles. The third kappa shape index (κ3) is 1.44. The third-order valence-corrected chi connectivity index (χ3v) is 3.69. The number of rotatable bonds is 1. The van der Waals surface area contributed by atoms with Gasteiger partial charge < -0.3 is 4.57 Å². The van der Waals surface area contributed by atoms with Crippen LogP contribution in [-0.2, 0) is 7.05 Å². The summed E-state index contributed by atoms with van der Waals surface area (Å²) in [5.41, 5.74) is 2.05. The second-order valence-corrected chi connectivity index (χ2v) is 4.99. The Balaban J connectivity index is 2.31. The minimum Gasteiger partial charge on any atom is -0.326 e. The van der Waals surface area contributed by atoms with Gasteiger partial charge in [0, 0.05) is 12.1 Å². The van der Waals surface area contributed by atoms with Gasteiger partial charge in [-0.3, -0.25) is 0 Å². The van der Waals surface area contributed by atoms with Crippen molar-refractivity contribution in [2.75, 3.05) is 0 Å². The van der Waals surface area contributed by atoms with Gasteiger partial charge in [0.2, 0.25) is 0 Å². The highest BCUT2D eigenvalue weighted by atomic mass is 35.5. The van der Waals surface area contributed by atoms with Gasteiger partial charge in [0.25, 0.3) is 0 Å². The topological polar surface area (TPSA) is 17.8 Å². The summed E-state index contributed by atoms with van der Waals surface area (Å²) in [5, 5.41) is 2.78. The van der Waals surface area contributed by atoms with E-state index in [2.05, 4.69) is 21.0 Å². The van der Waals surface area contributed by atoms with E-state index in [1.165, 1.54) is 4.88 Å². The Kier molecular flexibility index (Phi) is 2.23. The number of imidazole rings is 1. The third-order valence-electron chi connectivity index (χ3n) is 2.58.